The van der Waals surface area contributed by atoms with E-state index in [9.17, 15) is 0 Å². The van der Waals surface area contributed by atoms with Gasteiger partial charge in [-0.25, -0.2) is 0 Å². The van der Waals surface area contributed by atoms with Crippen LogP contribution in [0.25, 0.3) is 0 Å². The summed E-state index contributed by atoms with van der Waals surface area (Å²) in [7, 11) is 1.86. The Hall–Kier alpha value is -0.120. The molecule has 2 saturated carbocycles. The van der Waals surface area contributed by atoms with Crippen LogP contribution in [0.3, 0.4) is 0 Å². The van der Waals surface area contributed by atoms with E-state index < -0.39 is 0 Å². The number of halogens is 1. The third-order valence-electron chi connectivity index (χ3n) is 6.69. The zero-order valence-electron chi connectivity index (χ0n) is 15.9. The SMILES string of the molecule is CN=C(NCCCOCC1CCOC1)NC1C2CCOC2C12CCC2.I. The number of aliphatic imine (C=N–C) groups is 1. The Kier molecular flexibility index (Phi) is 7.44. The molecule has 0 radical (unpaired) electrons. The molecule has 2 aliphatic heterocycles. The molecule has 4 fully saturated rings. The number of rotatable bonds is 7. The summed E-state index contributed by atoms with van der Waals surface area (Å²) in [5.41, 5.74) is 0.394. The number of fused-ring (bicyclic) bond motifs is 2. The Bertz CT molecular complexity index is 481. The van der Waals surface area contributed by atoms with E-state index in [1.165, 1.54) is 25.7 Å². The first-order valence-electron chi connectivity index (χ1n) is 10.1. The summed E-state index contributed by atoms with van der Waals surface area (Å²) in [5.74, 6) is 2.21. The van der Waals surface area contributed by atoms with Crippen LogP contribution in [0.4, 0.5) is 0 Å². The van der Waals surface area contributed by atoms with Gasteiger partial charge in [-0.2, -0.15) is 0 Å². The van der Waals surface area contributed by atoms with Crippen molar-refractivity contribution in [3.63, 3.8) is 0 Å². The maximum absolute atomic E-state index is 6.00. The molecule has 4 unspecified atom stereocenters. The van der Waals surface area contributed by atoms with Gasteiger partial charge in [0, 0.05) is 56.7 Å². The molecule has 26 heavy (non-hydrogen) atoms. The van der Waals surface area contributed by atoms with Gasteiger partial charge in [-0.1, -0.05) is 6.42 Å². The van der Waals surface area contributed by atoms with E-state index in [4.69, 9.17) is 14.2 Å². The van der Waals surface area contributed by atoms with Crippen molar-refractivity contribution in [1.29, 1.82) is 0 Å². The molecule has 4 rings (SSSR count). The van der Waals surface area contributed by atoms with Crippen molar-refractivity contribution < 1.29 is 14.2 Å². The Balaban J connectivity index is 0.00000196. The molecule has 2 heterocycles. The van der Waals surface area contributed by atoms with Crippen LogP contribution in [-0.2, 0) is 14.2 Å². The third kappa shape index (κ3) is 4.00. The van der Waals surface area contributed by atoms with E-state index >= 15 is 0 Å². The average molecular weight is 479 g/mol. The molecule has 0 aromatic carbocycles. The van der Waals surface area contributed by atoms with Crippen LogP contribution in [0, 0.1) is 17.3 Å². The van der Waals surface area contributed by atoms with Crippen molar-refractivity contribution in [2.75, 3.05) is 46.6 Å². The number of hydrogen-bond donors (Lipinski definition) is 2. The summed E-state index contributed by atoms with van der Waals surface area (Å²) in [4.78, 5) is 4.43. The molecule has 2 N–H and O–H groups in total. The van der Waals surface area contributed by atoms with Crippen LogP contribution in [-0.4, -0.2) is 64.7 Å². The Labute approximate surface area is 174 Å². The first-order valence-corrected chi connectivity index (χ1v) is 10.1. The molecule has 0 bridgehead atoms. The molecule has 150 valence electrons. The second kappa shape index (κ2) is 9.39. The number of guanidine groups is 1. The van der Waals surface area contributed by atoms with Crippen LogP contribution in [0.1, 0.15) is 38.5 Å². The van der Waals surface area contributed by atoms with Crippen LogP contribution >= 0.6 is 24.0 Å². The standard InChI is InChI=1S/C19H33N3O3.HI/c1-20-18(21-8-3-9-23-12-14-4-10-24-13-14)22-16-15-5-11-25-17(15)19(16)6-2-7-19;/h14-17H,2-13H2,1H3,(H2,20,21,22);1H. The molecular formula is C19H34IN3O3. The van der Waals surface area contributed by atoms with Gasteiger partial charge in [0.25, 0.3) is 0 Å². The van der Waals surface area contributed by atoms with E-state index in [1.807, 2.05) is 7.05 Å². The second-order valence-corrected chi connectivity index (χ2v) is 8.11. The van der Waals surface area contributed by atoms with Crippen molar-refractivity contribution in [2.24, 2.45) is 22.2 Å². The first-order chi connectivity index (χ1) is 12.3. The van der Waals surface area contributed by atoms with Gasteiger partial charge in [0.2, 0.25) is 0 Å². The summed E-state index contributed by atoms with van der Waals surface area (Å²) < 4.78 is 17.1. The number of nitrogens with one attached hydrogen (secondary N) is 2. The summed E-state index contributed by atoms with van der Waals surface area (Å²) >= 11 is 0. The molecule has 4 atom stereocenters. The van der Waals surface area contributed by atoms with Gasteiger partial charge >= 0.3 is 0 Å². The Morgan fingerprint density at radius 3 is 2.85 bits per heavy atom. The fourth-order valence-electron chi connectivity index (χ4n) is 5.14. The molecule has 0 amide bonds. The minimum Gasteiger partial charge on any atom is -0.381 e. The van der Waals surface area contributed by atoms with E-state index in [1.54, 1.807) is 0 Å². The monoisotopic (exact) mass is 479 g/mol. The van der Waals surface area contributed by atoms with Crippen molar-refractivity contribution in [3.8, 4) is 0 Å². The maximum atomic E-state index is 6.00. The first kappa shape index (κ1) is 20.6. The van der Waals surface area contributed by atoms with Crippen LogP contribution in [0.15, 0.2) is 4.99 Å². The van der Waals surface area contributed by atoms with Gasteiger partial charge in [0.15, 0.2) is 5.96 Å². The van der Waals surface area contributed by atoms with Gasteiger partial charge < -0.3 is 24.8 Å². The minimum atomic E-state index is 0. The Morgan fingerprint density at radius 1 is 1.27 bits per heavy atom. The molecule has 0 aromatic rings. The summed E-state index contributed by atoms with van der Waals surface area (Å²) in [6, 6.07) is 0.540. The Morgan fingerprint density at radius 2 is 2.15 bits per heavy atom. The van der Waals surface area contributed by atoms with Crippen LogP contribution in [0.5, 0.6) is 0 Å². The average Bonchev–Trinajstić information content (AvgIpc) is 3.23. The van der Waals surface area contributed by atoms with E-state index in [0.29, 0.717) is 29.4 Å². The van der Waals surface area contributed by atoms with E-state index in [0.717, 1.165) is 58.4 Å². The van der Waals surface area contributed by atoms with Crippen LogP contribution in [0.2, 0.25) is 0 Å². The van der Waals surface area contributed by atoms with E-state index in [2.05, 4.69) is 15.6 Å². The fourth-order valence-corrected chi connectivity index (χ4v) is 5.14. The smallest absolute Gasteiger partial charge is 0.191 e. The lowest BCUT2D eigenvalue weighted by Crippen LogP contribution is -2.72. The second-order valence-electron chi connectivity index (χ2n) is 8.11. The molecule has 6 nitrogen and oxygen atoms in total. The highest BCUT2D eigenvalue weighted by molar-refractivity contribution is 14.0. The zero-order chi connectivity index (χ0) is 17.1. The predicted octanol–water partition coefficient (Wildman–Crippen LogP) is 2.17. The maximum Gasteiger partial charge on any atom is 0.191 e. The minimum absolute atomic E-state index is 0. The van der Waals surface area contributed by atoms with Crippen molar-refractivity contribution in [2.45, 2.75) is 50.7 Å². The largest absolute Gasteiger partial charge is 0.381 e. The molecule has 0 aromatic heterocycles. The van der Waals surface area contributed by atoms with Crippen molar-refractivity contribution in [1.82, 2.24) is 10.6 Å². The summed E-state index contributed by atoms with van der Waals surface area (Å²) in [6.07, 6.45) is 7.80. The van der Waals surface area contributed by atoms with Crippen LogP contribution < -0.4 is 10.6 Å². The van der Waals surface area contributed by atoms with Gasteiger partial charge in [-0.15, -0.1) is 24.0 Å². The van der Waals surface area contributed by atoms with Gasteiger partial charge in [-0.3, -0.25) is 4.99 Å². The zero-order valence-corrected chi connectivity index (χ0v) is 18.2. The molecule has 2 saturated heterocycles. The lowest BCUT2D eigenvalue weighted by Gasteiger charge is -2.63. The quantitative estimate of drug-likeness (QED) is 0.254. The molecule has 2 aliphatic carbocycles. The highest BCUT2D eigenvalue weighted by Gasteiger charge is 2.66. The van der Waals surface area contributed by atoms with Gasteiger partial charge in [0.1, 0.15) is 0 Å². The predicted molar refractivity (Wildman–Crippen MR) is 112 cm³/mol. The summed E-state index contributed by atoms with van der Waals surface area (Å²) in [6.45, 7) is 5.22. The van der Waals surface area contributed by atoms with Gasteiger partial charge in [-0.05, 0) is 32.1 Å². The van der Waals surface area contributed by atoms with E-state index in [-0.39, 0.29) is 24.0 Å². The molecule has 7 heteroatoms. The highest BCUT2D eigenvalue weighted by Crippen LogP contribution is 2.62. The molecule has 1 spiro atoms. The number of nitrogens with zero attached hydrogens (tertiary/aromatic N) is 1. The highest BCUT2D eigenvalue weighted by atomic mass is 127. The summed E-state index contributed by atoms with van der Waals surface area (Å²) in [5, 5.41) is 7.16. The topological polar surface area (TPSA) is 64.1 Å². The number of hydrogen-bond acceptors (Lipinski definition) is 4. The fraction of sp³-hybridized carbons (Fsp3) is 0.947. The number of ether oxygens (including phenoxy) is 3. The third-order valence-corrected chi connectivity index (χ3v) is 6.69. The molecular weight excluding hydrogens is 445 g/mol. The normalized spacial score (nSPS) is 34.6. The lowest BCUT2D eigenvalue weighted by atomic mass is 9.46. The lowest BCUT2D eigenvalue weighted by molar-refractivity contribution is -0.171. The molecule has 4 aliphatic rings. The van der Waals surface area contributed by atoms with Gasteiger partial charge in [0.05, 0.1) is 19.3 Å². The van der Waals surface area contributed by atoms with Crippen molar-refractivity contribution >= 4 is 29.9 Å². The van der Waals surface area contributed by atoms with Crippen molar-refractivity contribution in [3.05, 3.63) is 0 Å².